The smallest absolute Gasteiger partial charge is 0.259 e. The second kappa shape index (κ2) is 11.2. The predicted octanol–water partition coefficient (Wildman–Crippen LogP) is 5.34. The van der Waals surface area contributed by atoms with Crippen LogP contribution in [-0.2, 0) is 21.9 Å². The maximum Gasteiger partial charge on any atom is 0.259 e. The molecule has 0 saturated heterocycles. The van der Waals surface area contributed by atoms with E-state index in [-0.39, 0.29) is 18.2 Å². The zero-order valence-corrected chi connectivity index (χ0v) is 21.8. The van der Waals surface area contributed by atoms with Gasteiger partial charge >= 0.3 is 0 Å². The topological polar surface area (TPSA) is 83.4 Å². The second-order valence-electron chi connectivity index (χ2n) is 8.56. The molecule has 2 aliphatic heterocycles. The Kier molecular flexibility index (Phi) is 7.58. The molecular formula is C28H25ClN4O3S. The van der Waals surface area contributed by atoms with Gasteiger partial charge in [0.1, 0.15) is 17.6 Å². The first-order valence-electron chi connectivity index (χ1n) is 11.9. The minimum atomic E-state index is -0.649. The molecule has 3 aromatic carbocycles. The number of amidine groups is 2. The van der Waals surface area contributed by atoms with Crippen LogP contribution in [0.15, 0.2) is 82.8 Å². The fourth-order valence-corrected chi connectivity index (χ4v) is 5.53. The van der Waals surface area contributed by atoms with Gasteiger partial charge in [-0.15, -0.1) is 0 Å². The Bertz CT molecular complexity index is 1410. The van der Waals surface area contributed by atoms with Gasteiger partial charge < -0.3 is 10.1 Å². The van der Waals surface area contributed by atoms with Crippen LogP contribution in [0.25, 0.3) is 0 Å². The number of amides is 2. The van der Waals surface area contributed by atoms with Crippen LogP contribution in [0.4, 0.5) is 5.69 Å². The Hall–Kier alpha value is -3.62. The first-order chi connectivity index (χ1) is 18.0. The van der Waals surface area contributed by atoms with Crippen molar-refractivity contribution in [1.29, 1.82) is 0 Å². The summed E-state index contributed by atoms with van der Waals surface area (Å²) >= 11 is 7.78. The highest BCUT2D eigenvalue weighted by atomic mass is 35.5. The van der Waals surface area contributed by atoms with Crippen LogP contribution in [0, 0.1) is 0 Å². The molecule has 0 aromatic heterocycles. The number of carbonyl (C=O) groups excluding carboxylic acids is 2. The number of hydrogen-bond donors (Lipinski definition) is 1. The number of nitrogens with one attached hydrogen (secondary N) is 1. The Morgan fingerprint density at radius 2 is 1.78 bits per heavy atom. The number of nitrogens with zero attached hydrogens (tertiary/aromatic N) is 3. The summed E-state index contributed by atoms with van der Waals surface area (Å²) in [5.74, 6) is 1.54. The minimum Gasteiger partial charge on any atom is -0.496 e. The third-order valence-electron chi connectivity index (χ3n) is 6.18. The number of para-hydroxylation sites is 2. The highest BCUT2D eigenvalue weighted by molar-refractivity contribution is 8.13. The van der Waals surface area contributed by atoms with Gasteiger partial charge in [-0.3, -0.25) is 14.6 Å². The van der Waals surface area contributed by atoms with E-state index in [1.807, 2.05) is 72.8 Å². The third-order valence-corrected chi connectivity index (χ3v) is 7.53. The maximum atomic E-state index is 13.5. The van der Waals surface area contributed by atoms with Crippen LogP contribution >= 0.6 is 23.4 Å². The summed E-state index contributed by atoms with van der Waals surface area (Å²) in [6, 6.07) is 22.1. The van der Waals surface area contributed by atoms with E-state index < -0.39 is 6.04 Å². The summed E-state index contributed by atoms with van der Waals surface area (Å²) in [6.07, 6.45) is 0.484. The molecule has 0 saturated carbocycles. The molecule has 3 aromatic rings. The lowest BCUT2D eigenvalue weighted by Crippen LogP contribution is -2.41. The highest BCUT2D eigenvalue weighted by Gasteiger charge is 2.41. The first-order valence-corrected chi connectivity index (χ1v) is 13.3. The van der Waals surface area contributed by atoms with E-state index in [9.17, 15) is 9.59 Å². The Morgan fingerprint density at radius 3 is 2.59 bits per heavy atom. The maximum absolute atomic E-state index is 13.5. The zero-order valence-electron chi connectivity index (χ0n) is 20.2. The van der Waals surface area contributed by atoms with E-state index in [2.05, 4.69) is 5.32 Å². The van der Waals surface area contributed by atoms with Crippen molar-refractivity contribution >= 4 is 51.9 Å². The van der Waals surface area contributed by atoms with Crippen molar-refractivity contribution in [2.24, 2.45) is 9.98 Å². The van der Waals surface area contributed by atoms with E-state index in [1.54, 1.807) is 12.0 Å². The number of rotatable bonds is 8. The summed E-state index contributed by atoms with van der Waals surface area (Å²) in [7, 11) is 1.60. The molecular weight excluding hydrogens is 508 g/mol. The van der Waals surface area contributed by atoms with E-state index in [4.69, 9.17) is 26.3 Å². The molecule has 7 nitrogen and oxygen atoms in total. The molecule has 0 fully saturated rings. The van der Waals surface area contributed by atoms with E-state index in [0.29, 0.717) is 34.7 Å². The van der Waals surface area contributed by atoms with Gasteiger partial charge in [0.05, 0.1) is 12.8 Å². The molecule has 2 heterocycles. The lowest BCUT2D eigenvalue weighted by molar-refractivity contribution is -0.125. The number of methoxy groups -OCH3 is 1. The zero-order chi connectivity index (χ0) is 25.8. The quantitative estimate of drug-likeness (QED) is 0.424. The molecule has 188 valence electrons. The molecule has 2 aliphatic rings. The summed E-state index contributed by atoms with van der Waals surface area (Å²) < 4.78 is 5.34. The predicted molar refractivity (Wildman–Crippen MR) is 148 cm³/mol. The van der Waals surface area contributed by atoms with Gasteiger partial charge in [0.15, 0.2) is 5.17 Å². The Balaban J connectivity index is 1.28. The minimum absolute atomic E-state index is 0.147. The third kappa shape index (κ3) is 5.40. The number of hydrogen-bond acceptors (Lipinski definition) is 6. The Morgan fingerprint density at radius 1 is 1.05 bits per heavy atom. The molecule has 5 rings (SSSR count). The van der Waals surface area contributed by atoms with Crippen LogP contribution in [0.2, 0.25) is 5.02 Å². The van der Waals surface area contributed by atoms with Crippen molar-refractivity contribution in [3.63, 3.8) is 0 Å². The van der Waals surface area contributed by atoms with Gasteiger partial charge in [-0.1, -0.05) is 71.9 Å². The van der Waals surface area contributed by atoms with Crippen molar-refractivity contribution in [3.05, 3.63) is 94.5 Å². The number of fused-ring (bicyclic) bond motifs is 3. The summed E-state index contributed by atoms with van der Waals surface area (Å²) in [4.78, 5) is 37.1. The summed E-state index contributed by atoms with van der Waals surface area (Å²) in [5, 5.41) is 4.14. The van der Waals surface area contributed by atoms with Crippen molar-refractivity contribution in [3.8, 4) is 5.75 Å². The number of aliphatic imine (C=N–C) groups is 2. The van der Waals surface area contributed by atoms with E-state index >= 15 is 0 Å². The van der Waals surface area contributed by atoms with Crippen molar-refractivity contribution in [1.82, 2.24) is 10.2 Å². The molecule has 0 bridgehead atoms. The van der Waals surface area contributed by atoms with E-state index in [0.717, 1.165) is 28.1 Å². The number of benzene rings is 3. The fourth-order valence-electron chi connectivity index (χ4n) is 4.24. The molecule has 0 spiro atoms. The summed E-state index contributed by atoms with van der Waals surface area (Å²) in [6.45, 7) is 0.352. The van der Waals surface area contributed by atoms with Gasteiger partial charge in [-0.25, -0.2) is 9.89 Å². The first kappa shape index (κ1) is 25.0. The van der Waals surface area contributed by atoms with Crippen LogP contribution < -0.4 is 10.1 Å². The van der Waals surface area contributed by atoms with Crippen LogP contribution in [0.1, 0.15) is 29.5 Å². The molecule has 1 atom stereocenters. The van der Waals surface area contributed by atoms with Gasteiger partial charge in [-0.2, -0.15) is 0 Å². The molecule has 0 aliphatic carbocycles. The van der Waals surface area contributed by atoms with Crippen molar-refractivity contribution in [2.45, 2.75) is 31.2 Å². The van der Waals surface area contributed by atoms with Crippen LogP contribution in [-0.4, -0.2) is 40.9 Å². The lowest BCUT2D eigenvalue weighted by atomic mass is 10.1. The number of halogens is 1. The van der Waals surface area contributed by atoms with Gasteiger partial charge in [0, 0.05) is 34.9 Å². The van der Waals surface area contributed by atoms with Crippen LogP contribution in [0.3, 0.4) is 0 Å². The standard InChI is InChI=1S/C28H25ClN4O3S/c1-36-24-13-7-3-8-18(24)16-30-25(34)15-14-23-27(35)33-26(31-23)20-10-4-6-12-22(20)32-28(33)37-17-19-9-2-5-11-21(19)29/h2-13,23H,14-17H2,1H3,(H,30,34)/t23-/m0/s1. The lowest BCUT2D eigenvalue weighted by Gasteiger charge is -2.25. The largest absolute Gasteiger partial charge is 0.496 e. The average molecular weight is 533 g/mol. The fraction of sp³-hybridized carbons (Fsp3) is 0.214. The number of carbonyl (C=O) groups is 2. The normalized spacial score (nSPS) is 16.0. The van der Waals surface area contributed by atoms with E-state index in [1.165, 1.54) is 11.8 Å². The van der Waals surface area contributed by atoms with Gasteiger partial charge in [0.25, 0.3) is 5.91 Å². The number of ether oxygens (including phenoxy) is 1. The van der Waals surface area contributed by atoms with Crippen molar-refractivity contribution < 1.29 is 14.3 Å². The SMILES string of the molecule is COc1ccccc1CNC(=O)CC[C@@H]1N=C2c3ccccc3N=C(SCc3ccccc3Cl)N2C1=O. The summed E-state index contributed by atoms with van der Waals surface area (Å²) in [5.41, 5.74) is 3.42. The van der Waals surface area contributed by atoms with Gasteiger partial charge in [-0.05, 0) is 36.2 Å². The molecule has 37 heavy (non-hydrogen) atoms. The second-order valence-corrected chi connectivity index (χ2v) is 9.91. The Labute approximate surface area is 224 Å². The van der Waals surface area contributed by atoms with Crippen molar-refractivity contribution in [2.75, 3.05) is 7.11 Å². The molecule has 1 N–H and O–H groups in total. The monoisotopic (exact) mass is 532 g/mol. The highest BCUT2D eigenvalue weighted by Crippen LogP contribution is 2.35. The molecule has 0 radical (unpaired) electrons. The molecule has 2 amide bonds. The van der Waals surface area contributed by atoms with Crippen LogP contribution in [0.5, 0.6) is 5.75 Å². The van der Waals surface area contributed by atoms with Gasteiger partial charge in [0.2, 0.25) is 5.91 Å². The molecule has 0 unspecified atom stereocenters. The average Bonchev–Trinajstić information content (AvgIpc) is 3.26. The molecule has 9 heteroatoms. The number of thioether (sulfide) groups is 1.